The number of nitrogens with zero attached hydrogens (tertiary/aromatic N) is 1. The van der Waals surface area contributed by atoms with E-state index in [4.69, 9.17) is 4.74 Å². The van der Waals surface area contributed by atoms with E-state index < -0.39 is 10.0 Å². The molecule has 0 spiro atoms. The summed E-state index contributed by atoms with van der Waals surface area (Å²) in [6, 6.07) is 7.13. The molecule has 1 heterocycles. The summed E-state index contributed by atoms with van der Waals surface area (Å²) in [4.78, 5) is 0.388. The smallest absolute Gasteiger partial charge is 0.243 e. The molecule has 1 aromatic rings. The monoisotopic (exact) mass is 323 g/mol. The van der Waals surface area contributed by atoms with Gasteiger partial charge < -0.3 is 4.74 Å². The van der Waals surface area contributed by atoms with Crippen LogP contribution < -0.4 is 0 Å². The molecule has 22 heavy (non-hydrogen) atoms. The minimum Gasteiger partial charge on any atom is -0.374 e. The highest BCUT2D eigenvalue weighted by Gasteiger charge is 2.37. The molecule has 0 N–H and O–H groups in total. The van der Waals surface area contributed by atoms with E-state index in [1.165, 1.54) is 12.8 Å². The third-order valence-corrected chi connectivity index (χ3v) is 6.65. The third-order valence-electron chi connectivity index (χ3n) is 4.80. The Morgan fingerprint density at radius 2 is 1.77 bits per heavy atom. The summed E-state index contributed by atoms with van der Waals surface area (Å²) < 4.78 is 33.6. The maximum absolute atomic E-state index is 12.9. The van der Waals surface area contributed by atoms with Gasteiger partial charge in [0, 0.05) is 13.1 Å². The van der Waals surface area contributed by atoms with Gasteiger partial charge in [-0.25, -0.2) is 8.42 Å². The molecule has 1 aliphatic carbocycles. The topological polar surface area (TPSA) is 46.6 Å². The molecule has 2 aliphatic rings. The molecule has 1 aliphatic heterocycles. The van der Waals surface area contributed by atoms with E-state index in [-0.39, 0.29) is 12.2 Å². The molecule has 122 valence electrons. The summed E-state index contributed by atoms with van der Waals surface area (Å²) in [6.07, 6.45) is 4.68. The van der Waals surface area contributed by atoms with Gasteiger partial charge in [0.05, 0.1) is 17.1 Å². The average Bonchev–Trinajstić information content (AvgIpc) is 2.66. The van der Waals surface area contributed by atoms with Crippen LogP contribution in [0, 0.1) is 12.8 Å². The molecular formula is C17H25NO3S. The van der Waals surface area contributed by atoms with Gasteiger partial charge in [0.2, 0.25) is 10.0 Å². The summed E-state index contributed by atoms with van der Waals surface area (Å²) in [7, 11) is -3.43. The Morgan fingerprint density at radius 3 is 2.50 bits per heavy atom. The lowest BCUT2D eigenvalue weighted by Crippen LogP contribution is -2.38. The van der Waals surface area contributed by atoms with Gasteiger partial charge in [0.1, 0.15) is 0 Å². The van der Waals surface area contributed by atoms with Gasteiger partial charge >= 0.3 is 0 Å². The zero-order chi connectivity index (χ0) is 15.7. The van der Waals surface area contributed by atoms with Crippen molar-refractivity contribution in [2.24, 2.45) is 5.92 Å². The molecule has 0 aromatic heterocycles. The fraction of sp³-hybridized carbons (Fsp3) is 0.647. The number of hydrogen-bond acceptors (Lipinski definition) is 3. The first-order valence-corrected chi connectivity index (χ1v) is 9.63. The molecule has 2 fully saturated rings. The fourth-order valence-electron chi connectivity index (χ4n) is 3.58. The Bertz CT molecular complexity index is 611. The second kappa shape index (κ2) is 6.30. The van der Waals surface area contributed by atoms with E-state index in [9.17, 15) is 8.42 Å². The Labute approximate surface area is 133 Å². The molecule has 0 unspecified atom stereocenters. The maximum Gasteiger partial charge on any atom is 0.243 e. The molecule has 3 atom stereocenters. The van der Waals surface area contributed by atoms with E-state index in [1.54, 1.807) is 16.4 Å². The number of fused-ring (bicyclic) bond motifs is 1. The Balaban J connectivity index is 1.87. The fourth-order valence-corrected chi connectivity index (χ4v) is 5.15. The van der Waals surface area contributed by atoms with Crippen LogP contribution in [0.5, 0.6) is 0 Å². The van der Waals surface area contributed by atoms with Crippen molar-refractivity contribution in [3.8, 4) is 0 Å². The van der Waals surface area contributed by atoms with Gasteiger partial charge in [-0.2, -0.15) is 4.31 Å². The van der Waals surface area contributed by atoms with Crippen molar-refractivity contribution < 1.29 is 13.2 Å². The molecule has 0 amide bonds. The van der Waals surface area contributed by atoms with Crippen molar-refractivity contribution >= 4 is 10.0 Å². The van der Waals surface area contributed by atoms with Crippen molar-refractivity contribution in [2.75, 3.05) is 13.1 Å². The first kappa shape index (κ1) is 16.0. The van der Waals surface area contributed by atoms with E-state index in [0.29, 0.717) is 23.9 Å². The standard InChI is InChI=1S/C17H25NO3S/c1-13-7-9-16(10-8-13)22(19,20)18-11-14(2)21-17-6-4-3-5-15(17)12-18/h7-10,14-15,17H,3-6,11-12H2,1-2H3/t14-,15-,17+/m1/s1. The Hall–Kier alpha value is -0.910. The molecule has 1 saturated heterocycles. The highest BCUT2D eigenvalue weighted by Crippen LogP contribution is 2.32. The lowest BCUT2D eigenvalue weighted by Gasteiger charge is -2.31. The largest absolute Gasteiger partial charge is 0.374 e. The predicted octanol–water partition coefficient (Wildman–Crippen LogP) is 2.96. The van der Waals surface area contributed by atoms with Gasteiger partial charge in [-0.05, 0) is 44.7 Å². The van der Waals surface area contributed by atoms with Crippen LogP contribution in [0.25, 0.3) is 0 Å². The van der Waals surface area contributed by atoms with Crippen LogP contribution in [0.4, 0.5) is 0 Å². The van der Waals surface area contributed by atoms with Crippen molar-refractivity contribution in [1.82, 2.24) is 4.31 Å². The van der Waals surface area contributed by atoms with Crippen molar-refractivity contribution in [1.29, 1.82) is 0 Å². The first-order chi connectivity index (χ1) is 10.5. The van der Waals surface area contributed by atoms with Gasteiger partial charge in [-0.1, -0.05) is 30.5 Å². The molecule has 1 saturated carbocycles. The second-order valence-electron chi connectivity index (χ2n) is 6.66. The molecule has 3 rings (SSSR count). The Morgan fingerprint density at radius 1 is 1.09 bits per heavy atom. The minimum atomic E-state index is -3.43. The van der Waals surface area contributed by atoms with E-state index in [1.807, 2.05) is 26.0 Å². The van der Waals surface area contributed by atoms with Crippen LogP contribution in [-0.4, -0.2) is 38.0 Å². The molecule has 1 aromatic carbocycles. The number of sulfonamides is 1. The SMILES string of the molecule is Cc1ccc(S(=O)(=O)N2C[C@H]3CCCC[C@@H]3O[C@H](C)C2)cc1. The zero-order valence-corrected chi connectivity index (χ0v) is 14.2. The summed E-state index contributed by atoms with van der Waals surface area (Å²) in [6.45, 7) is 4.98. The van der Waals surface area contributed by atoms with Gasteiger partial charge in [0.15, 0.2) is 0 Å². The van der Waals surface area contributed by atoms with Gasteiger partial charge in [-0.3, -0.25) is 0 Å². The summed E-state index contributed by atoms with van der Waals surface area (Å²) in [5.74, 6) is 0.332. The van der Waals surface area contributed by atoms with Gasteiger partial charge in [0.25, 0.3) is 0 Å². The van der Waals surface area contributed by atoms with Crippen LogP contribution in [0.2, 0.25) is 0 Å². The highest BCUT2D eigenvalue weighted by molar-refractivity contribution is 7.89. The number of rotatable bonds is 2. The van der Waals surface area contributed by atoms with Crippen molar-refractivity contribution in [3.63, 3.8) is 0 Å². The minimum absolute atomic E-state index is 0.0478. The molecule has 5 heteroatoms. The normalized spacial score (nSPS) is 30.5. The molecular weight excluding hydrogens is 298 g/mol. The lowest BCUT2D eigenvalue weighted by atomic mass is 9.86. The van der Waals surface area contributed by atoms with E-state index >= 15 is 0 Å². The number of aryl methyl sites for hydroxylation is 1. The van der Waals surface area contributed by atoms with Crippen LogP contribution in [0.15, 0.2) is 29.2 Å². The van der Waals surface area contributed by atoms with E-state index in [2.05, 4.69) is 0 Å². The third kappa shape index (κ3) is 3.21. The number of ether oxygens (including phenoxy) is 1. The Kier molecular flexibility index (Phi) is 4.57. The van der Waals surface area contributed by atoms with Crippen LogP contribution in [-0.2, 0) is 14.8 Å². The summed E-state index contributed by atoms with van der Waals surface area (Å²) in [5, 5.41) is 0. The number of benzene rings is 1. The highest BCUT2D eigenvalue weighted by atomic mass is 32.2. The molecule has 0 radical (unpaired) electrons. The first-order valence-electron chi connectivity index (χ1n) is 8.19. The van der Waals surface area contributed by atoms with Crippen LogP contribution >= 0.6 is 0 Å². The molecule has 0 bridgehead atoms. The molecule has 4 nitrogen and oxygen atoms in total. The zero-order valence-electron chi connectivity index (χ0n) is 13.4. The quantitative estimate of drug-likeness (QED) is 0.840. The lowest BCUT2D eigenvalue weighted by molar-refractivity contribution is -0.0338. The second-order valence-corrected chi connectivity index (χ2v) is 8.60. The van der Waals surface area contributed by atoms with Crippen LogP contribution in [0.1, 0.15) is 38.2 Å². The van der Waals surface area contributed by atoms with Crippen molar-refractivity contribution in [2.45, 2.75) is 56.6 Å². The van der Waals surface area contributed by atoms with E-state index in [0.717, 1.165) is 18.4 Å². The summed E-state index contributed by atoms with van der Waals surface area (Å²) >= 11 is 0. The van der Waals surface area contributed by atoms with Gasteiger partial charge in [-0.15, -0.1) is 0 Å². The summed E-state index contributed by atoms with van der Waals surface area (Å²) in [5.41, 5.74) is 1.07. The maximum atomic E-state index is 12.9. The predicted molar refractivity (Wildman–Crippen MR) is 86.2 cm³/mol. The average molecular weight is 323 g/mol. The van der Waals surface area contributed by atoms with Crippen LogP contribution in [0.3, 0.4) is 0 Å². The van der Waals surface area contributed by atoms with Crippen molar-refractivity contribution in [3.05, 3.63) is 29.8 Å². The number of hydrogen-bond donors (Lipinski definition) is 0.